The lowest BCUT2D eigenvalue weighted by Gasteiger charge is -2.41. The van der Waals surface area contributed by atoms with Gasteiger partial charge in [0.15, 0.2) is 0 Å². The Morgan fingerprint density at radius 2 is 0.626 bits per heavy atom. The van der Waals surface area contributed by atoms with Crippen LogP contribution in [0.1, 0.15) is 365 Å². The summed E-state index contributed by atoms with van der Waals surface area (Å²) in [7, 11) is 0. The molecule has 0 bridgehead atoms. The zero-order valence-electron chi connectivity index (χ0n) is 81.5. The zero-order valence-corrected chi connectivity index (χ0v) is 81.5. The summed E-state index contributed by atoms with van der Waals surface area (Å²) in [6.45, 7) is 82.7. The Morgan fingerprint density at radius 1 is 0.304 bits per heavy atom. The summed E-state index contributed by atoms with van der Waals surface area (Å²) >= 11 is 0. The second-order valence-corrected chi connectivity index (χ2v) is 45.4. The monoisotopic (exact) mass is 1630 g/mol. The lowest BCUT2D eigenvalue weighted by Crippen LogP contribution is -2.49. The van der Waals surface area contributed by atoms with E-state index < -0.39 is 77.4 Å². The predicted octanol–water partition coefficient (Wildman–Crippen LogP) is 19.1. The first-order chi connectivity index (χ1) is 51.9. The van der Waals surface area contributed by atoms with E-state index in [2.05, 4.69) is 170 Å². The molecule has 0 aliphatic carbocycles. The minimum Gasteiger partial charge on any atom is -0.444 e. The number of hydrogen-bond acceptors (Lipinski definition) is 14. The van der Waals surface area contributed by atoms with Crippen molar-refractivity contribution in [2.24, 2.45) is 65.0 Å². The van der Waals surface area contributed by atoms with Gasteiger partial charge in [-0.25, -0.2) is 4.79 Å². The highest BCUT2D eigenvalue weighted by Gasteiger charge is 2.41. The molecule has 0 saturated heterocycles. The first-order valence-electron chi connectivity index (χ1n) is 44.3. The summed E-state index contributed by atoms with van der Waals surface area (Å²) in [5.41, 5.74) is -7.07. The lowest BCUT2D eigenvalue weighted by atomic mass is 9.73. The van der Waals surface area contributed by atoms with Gasteiger partial charge in [0, 0.05) is 124 Å². The molecule has 0 spiro atoms. The molecule has 0 aromatic heterocycles. The number of nitrogens with zero attached hydrogens (tertiary/aromatic N) is 1. The van der Waals surface area contributed by atoms with Gasteiger partial charge in [0.25, 0.3) is 0 Å². The summed E-state index contributed by atoms with van der Waals surface area (Å²) in [6, 6.07) is 0. The van der Waals surface area contributed by atoms with E-state index in [4.69, 9.17) is 33.2 Å². The van der Waals surface area contributed by atoms with Crippen LogP contribution >= 0.6 is 0 Å². The van der Waals surface area contributed by atoms with Gasteiger partial charge in [-0.05, 0) is 192 Å². The minimum absolute atomic E-state index is 0.0146. The first-order valence-corrected chi connectivity index (χ1v) is 44.3. The van der Waals surface area contributed by atoms with Crippen LogP contribution in [0, 0.1) is 65.0 Å². The maximum atomic E-state index is 14.3. The van der Waals surface area contributed by atoms with Gasteiger partial charge in [-0.1, -0.05) is 193 Å². The van der Waals surface area contributed by atoms with E-state index in [9.17, 15) is 33.6 Å². The topological polar surface area (TPSA) is 260 Å². The van der Waals surface area contributed by atoms with E-state index in [1.807, 2.05) is 123 Å². The summed E-state index contributed by atoms with van der Waals surface area (Å²) in [5, 5.41) is 18.9. The molecule has 0 saturated carbocycles. The van der Waals surface area contributed by atoms with Crippen molar-refractivity contribution in [2.75, 3.05) is 105 Å². The van der Waals surface area contributed by atoms with Gasteiger partial charge in [-0.15, -0.1) is 0 Å². The van der Waals surface area contributed by atoms with Crippen molar-refractivity contribution in [1.29, 1.82) is 0 Å². The Hall–Kier alpha value is -4.15. The van der Waals surface area contributed by atoms with Gasteiger partial charge in [0.05, 0.1) is 48.8 Å². The molecule has 0 aliphatic heterocycles. The van der Waals surface area contributed by atoms with Gasteiger partial charge in [0.2, 0.25) is 35.4 Å². The standard InChI is InChI=1S/C94H183N7O14/c1-38-80(13,14)61-82(17,18)63-100-76(107)86(25,26)50-57-114-94(37,43-6)46-53-97-74(105)83(19,20)47-54-111-87(27,28)44-51-95-71(102)58-90(33,39-2)67-109-69-92(35,41-4)65-101(77(108)115-79(10,11)12)66-93(36,42-5)70-110-68-91(34,40-3)59-72(103)98-64-89(31,32)113-56-49-84(21,22)73(104)96-52-45-88(29,30)112-55-48-85(23,24)75(106)99-62-81(15,16)60-78(7,8)9/h38-70H2,1-37H3,(H,95,102)(H,96,104)(H,97,105)(H,98,103)(H,99,106)(H,100,107). The number of hydrogen-bond donors (Lipinski definition) is 6. The SMILES string of the molecule is CCC(C)(C)CC(C)(C)CNC(=O)C(C)(C)CCOC(C)(CC)CCNC(=O)C(C)(C)CCOC(C)(C)CCNC(=O)CC(C)(CC)COCC(C)(CC)CN(CC(C)(CC)COCC(C)(CC)CC(=O)NCC(C)(C)OCCC(C)(C)C(=O)NCCC(C)(C)OCCC(C)(C)C(=O)NCC(C)(C)CC(C)(C)C)C(=O)OC(C)(C)C. The highest BCUT2D eigenvalue weighted by Crippen LogP contribution is 2.39. The summed E-state index contributed by atoms with van der Waals surface area (Å²) in [4.78, 5) is 97.1. The number of carbonyl (C=O) groups excluding carboxylic acids is 7. The average Bonchev–Trinajstić information content (AvgIpc) is 0.829. The van der Waals surface area contributed by atoms with Crippen LogP contribution in [0.2, 0.25) is 0 Å². The molecule has 7 amide bonds. The molecule has 5 atom stereocenters. The minimum atomic E-state index is -0.734. The fourth-order valence-corrected chi connectivity index (χ4v) is 14.1. The lowest BCUT2D eigenvalue weighted by molar-refractivity contribution is -0.133. The molecule has 0 aromatic rings. The van der Waals surface area contributed by atoms with Crippen LogP contribution in [-0.2, 0) is 61.9 Å². The van der Waals surface area contributed by atoms with E-state index in [-0.39, 0.29) is 76.5 Å². The normalized spacial score (nSPS) is 16.1. The molecule has 0 aliphatic rings. The Morgan fingerprint density at radius 3 is 0.974 bits per heavy atom. The van der Waals surface area contributed by atoms with Crippen LogP contribution in [-0.4, -0.2) is 180 Å². The Balaban J connectivity index is 5.45. The second-order valence-electron chi connectivity index (χ2n) is 45.4. The molecule has 0 heterocycles. The van der Waals surface area contributed by atoms with Gasteiger partial charge < -0.3 is 70.0 Å². The third kappa shape index (κ3) is 46.5. The third-order valence-electron chi connectivity index (χ3n) is 24.3. The number of amides is 7. The summed E-state index contributed by atoms with van der Waals surface area (Å²) < 4.78 is 44.7. The number of ether oxygens (including phenoxy) is 7. The molecule has 0 fully saturated rings. The number of nitrogens with one attached hydrogen (secondary N) is 6. The molecule has 5 unspecified atom stereocenters. The quantitative estimate of drug-likeness (QED) is 0.0331. The van der Waals surface area contributed by atoms with E-state index in [0.717, 1.165) is 25.7 Å². The largest absolute Gasteiger partial charge is 0.444 e. The number of carbonyl (C=O) groups is 7. The van der Waals surface area contributed by atoms with Crippen molar-refractivity contribution in [3.05, 3.63) is 0 Å². The highest BCUT2D eigenvalue weighted by molar-refractivity contribution is 5.83. The molecule has 115 heavy (non-hydrogen) atoms. The van der Waals surface area contributed by atoms with E-state index >= 15 is 0 Å². The van der Waals surface area contributed by atoms with E-state index in [0.29, 0.717) is 169 Å². The van der Waals surface area contributed by atoms with Crippen LogP contribution in [0.15, 0.2) is 0 Å². The van der Waals surface area contributed by atoms with Gasteiger partial charge in [-0.3, -0.25) is 28.8 Å². The summed E-state index contributed by atoms with van der Waals surface area (Å²) in [6.07, 6.45) is 10.7. The molecule has 0 rings (SSSR count). The predicted molar refractivity (Wildman–Crippen MR) is 473 cm³/mol. The van der Waals surface area contributed by atoms with Crippen molar-refractivity contribution in [3.63, 3.8) is 0 Å². The molecule has 6 N–H and O–H groups in total. The Labute approximate surface area is 705 Å². The van der Waals surface area contributed by atoms with Crippen LogP contribution in [0.3, 0.4) is 0 Å². The van der Waals surface area contributed by atoms with Crippen LogP contribution in [0.4, 0.5) is 4.79 Å². The third-order valence-corrected chi connectivity index (χ3v) is 24.3. The molecule has 0 aromatic carbocycles. The van der Waals surface area contributed by atoms with Crippen molar-refractivity contribution in [3.8, 4) is 0 Å². The van der Waals surface area contributed by atoms with Crippen LogP contribution < -0.4 is 31.9 Å². The Bertz CT molecular complexity index is 2940. The molecule has 21 nitrogen and oxygen atoms in total. The maximum absolute atomic E-state index is 14.3. The van der Waals surface area contributed by atoms with Gasteiger partial charge in [0.1, 0.15) is 5.60 Å². The molecule has 678 valence electrons. The Kier molecular flexibility index (Phi) is 44.5. The second kappa shape index (κ2) is 46.2. The average molecular weight is 1640 g/mol. The van der Waals surface area contributed by atoms with Crippen molar-refractivity contribution in [2.45, 2.75) is 393 Å². The van der Waals surface area contributed by atoms with Crippen LogP contribution in [0.25, 0.3) is 0 Å². The maximum Gasteiger partial charge on any atom is 0.410 e. The zero-order chi connectivity index (χ0) is 89.6. The van der Waals surface area contributed by atoms with Crippen LogP contribution in [0.5, 0.6) is 0 Å². The first kappa shape index (κ1) is 111. The highest BCUT2D eigenvalue weighted by atomic mass is 16.6. The van der Waals surface area contributed by atoms with Crippen molar-refractivity contribution >= 4 is 41.5 Å². The summed E-state index contributed by atoms with van der Waals surface area (Å²) in [5.74, 6) is -0.244. The fourth-order valence-electron chi connectivity index (χ4n) is 14.1. The molecule has 0 radical (unpaired) electrons. The van der Waals surface area contributed by atoms with Gasteiger partial charge in [-0.2, -0.15) is 0 Å². The van der Waals surface area contributed by atoms with Crippen molar-refractivity contribution in [1.82, 2.24) is 36.8 Å². The molecule has 21 heteroatoms. The van der Waals surface area contributed by atoms with Crippen molar-refractivity contribution < 1.29 is 66.7 Å². The fraction of sp³-hybridized carbons (Fsp3) is 0.926. The van der Waals surface area contributed by atoms with E-state index in [1.165, 1.54) is 0 Å². The molecular weight excluding hydrogens is 1450 g/mol. The van der Waals surface area contributed by atoms with Gasteiger partial charge >= 0.3 is 6.09 Å². The smallest absolute Gasteiger partial charge is 0.410 e. The number of rotatable bonds is 60. The van der Waals surface area contributed by atoms with E-state index in [1.54, 1.807) is 0 Å². The molecular formula is C94H183N7O14.